The van der Waals surface area contributed by atoms with E-state index in [1.165, 1.54) is 17.5 Å². The predicted molar refractivity (Wildman–Crippen MR) is 98.4 cm³/mol. The second-order valence-electron chi connectivity index (χ2n) is 6.35. The van der Waals surface area contributed by atoms with Gasteiger partial charge in [-0.3, -0.25) is 10.1 Å². The Balaban J connectivity index is 1.69. The van der Waals surface area contributed by atoms with E-state index < -0.39 is 21.9 Å². The van der Waals surface area contributed by atoms with Gasteiger partial charge in [-0.05, 0) is 43.2 Å². The van der Waals surface area contributed by atoms with Crippen LogP contribution in [0.4, 0.5) is 4.39 Å². The van der Waals surface area contributed by atoms with E-state index in [4.69, 9.17) is 4.74 Å². The number of ether oxygens (including phenoxy) is 1. The van der Waals surface area contributed by atoms with Crippen LogP contribution in [0.1, 0.15) is 24.7 Å². The summed E-state index contributed by atoms with van der Waals surface area (Å²) in [4.78, 5) is 8.30. The van der Waals surface area contributed by atoms with E-state index in [2.05, 4.69) is 20.2 Å². The Kier molecular flexibility index (Phi) is 4.82. The van der Waals surface area contributed by atoms with Crippen LogP contribution in [0.5, 0.6) is 5.75 Å². The van der Waals surface area contributed by atoms with Gasteiger partial charge in [0.05, 0.1) is 13.2 Å². The molecular weight excluding hydrogens is 385 g/mol. The lowest BCUT2D eigenvalue weighted by Crippen LogP contribution is -2.31. The average molecular weight is 403 g/mol. The van der Waals surface area contributed by atoms with Crippen molar-refractivity contribution in [3.05, 3.63) is 54.4 Å². The highest BCUT2D eigenvalue weighted by Gasteiger charge is 2.39. The Hall–Kier alpha value is -2.85. The SMILES string of the molecule is COc1ccc(F)cc1S(=O)(=O)N1CCC[C@H]1c1nc(-c2cccnc2)n[nH]1. The predicted octanol–water partition coefficient (Wildman–Crippen LogP) is 2.54. The van der Waals surface area contributed by atoms with Crippen LogP contribution in [0, 0.1) is 5.82 Å². The molecule has 4 rings (SSSR count). The highest BCUT2D eigenvalue weighted by molar-refractivity contribution is 7.89. The van der Waals surface area contributed by atoms with Crippen LogP contribution in [0.25, 0.3) is 11.4 Å². The molecule has 1 aliphatic rings. The molecule has 2 aromatic heterocycles. The molecule has 1 atom stereocenters. The molecular formula is C18H18FN5O3S. The average Bonchev–Trinajstić information content (AvgIpc) is 3.38. The van der Waals surface area contributed by atoms with E-state index >= 15 is 0 Å². The second-order valence-corrected chi connectivity index (χ2v) is 8.21. The summed E-state index contributed by atoms with van der Waals surface area (Å²) in [5, 5.41) is 7.03. The van der Waals surface area contributed by atoms with Crippen molar-refractivity contribution in [3.63, 3.8) is 0 Å². The van der Waals surface area contributed by atoms with Gasteiger partial charge in [0.15, 0.2) is 5.82 Å². The molecule has 0 amide bonds. The number of hydrogen-bond donors (Lipinski definition) is 1. The summed E-state index contributed by atoms with van der Waals surface area (Å²) in [6.07, 6.45) is 4.52. The lowest BCUT2D eigenvalue weighted by Gasteiger charge is -2.23. The standard InChI is InChI=1S/C18H18FN5O3S/c1-27-15-7-6-13(19)10-16(15)28(25,26)24-9-3-5-14(24)18-21-17(22-23-18)12-4-2-8-20-11-12/h2,4,6-8,10-11,14H,3,5,9H2,1H3,(H,21,22,23)/t14-/m0/s1. The van der Waals surface area contributed by atoms with Crippen molar-refractivity contribution >= 4 is 10.0 Å². The topological polar surface area (TPSA) is 101 Å². The lowest BCUT2D eigenvalue weighted by atomic mass is 10.2. The number of methoxy groups -OCH3 is 1. The molecule has 0 unspecified atom stereocenters. The van der Waals surface area contributed by atoms with Gasteiger partial charge in [0.1, 0.15) is 22.3 Å². The minimum Gasteiger partial charge on any atom is -0.495 e. The lowest BCUT2D eigenvalue weighted by molar-refractivity contribution is 0.372. The second kappa shape index (κ2) is 7.28. The quantitative estimate of drug-likeness (QED) is 0.703. The van der Waals surface area contributed by atoms with Crippen LogP contribution in [0.15, 0.2) is 47.6 Å². The zero-order chi connectivity index (χ0) is 19.7. The first kappa shape index (κ1) is 18.5. The first-order valence-electron chi connectivity index (χ1n) is 8.69. The maximum atomic E-state index is 13.7. The van der Waals surface area contributed by atoms with Gasteiger partial charge in [-0.1, -0.05) is 0 Å². The molecule has 10 heteroatoms. The van der Waals surface area contributed by atoms with Gasteiger partial charge in [0.25, 0.3) is 0 Å². The van der Waals surface area contributed by atoms with Crippen LogP contribution in [0.2, 0.25) is 0 Å². The van der Waals surface area contributed by atoms with Gasteiger partial charge in [0.2, 0.25) is 10.0 Å². The number of sulfonamides is 1. The molecule has 3 heterocycles. The summed E-state index contributed by atoms with van der Waals surface area (Å²) in [5.74, 6) is 0.334. The van der Waals surface area contributed by atoms with E-state index in [0.717, 1.165) is 17.7 Å². The molecule has 28 heavy (non-hydrogen) atoms. The van der Waals surface area contributed by atoms with Crippen molar-refractivity contribution in [1.82, 2.24) is 24.5 Å². The van der Waals surface area contributed by atoms with Gasteiger partial charge < -0.3 is 4.74 Å². The van der Waals surface area contributed by atoms with Crippen molar-refractivity contribution in [2.45, 2.75) is 23.8 Å². The molecule has 0 radical (unpaired) electrons. The number of benzene rings is 1. The Morgan fingerprint density at radius 3 is 2.93 bits per heavy atom. The monoisotopic (exact) mass is 403 g/mol. The summed E-state index contributed by atoms with van der Waals surface area (Å²) >= 11 is 0. The van der Waals surface area contributed by atoms with Crippen molar-refractivity contribution in [3.8, 4) is 17.1 Å². The maximum Gasteiger partial charge on any atom is 0.247 e. The third-order valence-electron chi connectivity index (χ3n) is 4.65. The molecule has 1 aromatic carbocycles. The Morgan fingerprint density at radius 2 is 2.18 bits per heavy atom. The smallest absolute Gasteiger partial charge is 0.247 e. The molecule has 1 N–H and O–H groups in total. The number of aromatic nitrogens is 4. The number of H-pyrrole nitrogens is 1. The number of nitrogens with zero attached hydrogens (tertiary/aromatic N) is 4. The molecule has 3 aromatic rings. The Labute approximate surface area is 161 Å². The van der Waals surface area contributed by atoms with Gasteiger partial charge in [-0.2, -0.15) is 9.40 Å². The summed E-state index contributed by atoms with van der Waals surface area (Å²) in [7, 11) is -2.64. The first-order valence-corrected chi connectivity index (χ1v) is 10.1. The van der Waals surface area contributed by atoms with Crippen LogP contribution >= 0.6 is 0 Å². The number of aromatic amines is 1. The molecule has 8 nitrogen and oxygen atoms in total. The van der Waals surface area contributed by atoms with E-state index in [1.807, 2.05) is 6.07 Å². The van der Waals surface area contributed by atoms with Crippen molar-refractivity contribution in [1.29, 1.82) is 0 Å². The van der Waals surface area contributed by atoms with Gasteiger partial charge in [-0.15, -0.1) is 0 Å². The van der Waals surface area contributed by atoms with Crippen LogP contribution in [-0.4, -0.2) is 46.5 Å². The van der Waals surface area contributed by atoms with E-state index in [0.29, 0.717) is 31.0 Å². The summed E-state index contributed by atoms with van der Waals surface area (Å²) in [6.45, 7) is 0.301. The minimum absolute atomic E-state index is 0.0978. The fourth-order valence-corrected chi connectivity index (χ4v) is 5.16. The largest absolute Gasteiger partial charge is 0.495 e. The number of pyridine rings is 1. The maximum absolute atomic E-state index is 13.7. The Bertz CT molecular complexity index is 1090. The van der Waals surface area contributed by atoms with Gasteiger partial charge in [0, 0.05) is 24.5 Å². The molecule has 0 aliphatic carbocycles. The van der Waals surface area contributed by atoms with E-state index in [9.17, 15) is 12.8 Å². The zero-order valence-corrected chi connectivity index (χ0v) is 15.9. The molecule has 0 spiro atoms. The molecule has 1 saturated heterocycles. The zero-order valence-electron chi connectivity index (χ0n) is 15.0. The molecule has 0 saturated carbocycles. The van der Waals surface area contributed by atoms with Crippen LogP contribution in [0.3, 0.4) is 0 Å². The normalized spacial score (nSPS) is 17.7. The highest BCUT2D eigenvalue weighted by Crippen LogP contribution is 2.38. The fraction of sp³-hybridized carbons (Fsp3) is 0.278. The fourth-order valence-electron chi connectivity index (χ4n) is 3.33. The summed E-state index contributed by atoms with van der Waals surface area (Å²) in [5.41, 5.74) is 0.726. The first-order chi connectivity index (χ1) is 13.5. The number of rotatable bonds is 5. The highest BCUT2D eigenvalue weighted by atomic mass is 32.2. The van der Waals surface area contributed by atoms with Gasteiger partial charge in [-0.25, -0.2) is 17.8 Å². The number of nitrogens with one attached hydrogen (secondary N) is 1. The third kappa shape index (κ3) is 3.25. The van der Waals surface area contributed by atoms with E-state index in [-0.39, 0.29) is 10.6 Å². The number of hydrogen-bond acceptors (Lipinski definition) is 6. The molecule has 0 bridgehead atoms. The molecule has 1 fully saturated rings. The minimum atomic E-state index is -3.99. The van der Waals surface area contributed by atoms with E-state index in [1.54, 1.807) is 18.5 Å². The van der Waals surface area contributed by atoms with Crippen LogP contribution < -0.4 is 4.74 Å². The molecule has 146 valence electrons. The Morgan fingerprint density at radius 1 is 1.32 bits per heavy atom. The van der Waals surface area contributed by atoms with Crippen molar-refractivity contribution in [2.24, 2.45) is 0 Å². The van der Waals surface area contributed by atoms with Gasteiger partial charge >= 0.3 is 0 Å². The third-order valence-corrected chi connectivity index (χ3v) is 6.58. The van der Waals surface area contributed by atoms with Crippen LogP contribution in [-0.2, 0) is 10.0 Å². The summed E-state index contributed by atoms with van der Waals surface area (Å²) in [6, 6.07) is 6.52. The van der Waals surface area contributed by atoms with Crippen molar-refractivity contribution < 1.29 is 17.5 Å². The summed E-state index contributed by atoms with van der Waals surface area (Å²) < 4.78 is 46.7. The van der Waals surface area contributed by atoms with Crippen molar-refractivity contribution in [2.75, 3.05) is 13.7 Å². The molecule has 1 aliphatic heterocycles. The number of halogens is 1.